The molecule has 2 aromatic rings. The lowest BCUT2D eigenvalue weighted by Gasteiger charge is -2.22. The van der Waals surface area contributed by atoms with Gasteiger partial charge in [-0.3, -0.25) is 14.5 Å². The Morgan fingerprint density at radius 1 is 1.25 bits per heavy atom. The van der Waals surface area contributed by atoms with E-state index in [9.17, 15) is 14.7 Å². The summed E-state index contributed by atoms with van der Waals surface area (Å²) in [6.45, 7) is 2.75. The van der Waals surface area contributed by atoms with Crippen LogP contribution in [-0.4, -0.2) is 47.6 Å². The van der Waals surface area contributed by atoms with E-state index in [0.717, 1.165) is 5.56 Å². The molecule has 0 bridgehead atoms. The summed E-state index contributed by atoms with van der Waals surface area (Å²) in [4.78, 5) is 26.6. The molecule has 0 aliphatic carbocycles. The van der Waals surface area contributed by atoms with Crippen molar-refractivity contribution in [2.24, 2.45) is 0 Å². The van der Waals surface area contributed by atoms with E-state index in [1.807, 2.05) is 24.0 Å². The molecule has 7 heteroatoms. The van der Waals surface area contributed by atoms with Crippen LogP contribution in [0.2, 0.25) is 5.02 Å². The van der Waals surface area contributed by atoms with Crippen molar-refractivity contribution < 1.29 is 19.4 Å². The Morgan fingerprint density at radius 2 is 1.96 bits per heavy atom. The standard InChI is InChI=1S/C21H23ClN2O4/c1-13-3-5-14(6-4-13)20(26)23-17-10-18(21(27)28-2)24(12-17)11-15-9-16(22)7-8-19(15)25/h3-9,17-18,25H,10-12H2,1-2H3,(H,23,26)/t17-,18-/m0/s1. The number of nitrogens with one attached hydrogen (secondary N) is 1. The van der Waals surface area contributed by atoms with Gasteiger partial charge >= 0.3 is 5.97 Å². The molecule has 3 rings (SSSR count). The number of hydrogen-bond donors (Lipinski definition) is 2. The largest absolute Gasteiger partial charge is 0.508 e. The maximum absolute atomic E-state index is 12.5. The minimum atomic E-state index is -0.508. The van der Waals surface area contributed by atoms with E-state index in [1.54, 1.807) is 24.3 Å². The second-order valence-corrected chi connectivity index (χ2v) is 7.45. The second-order valence-electron chi connectivity index (χ2n) is 7.01. The van der Waals surface area contributed by atoms with Gasteiger partial charge < -0.3 is 15.2 Å². The fraction of sp³-hybridized carbons (Fsp3) is 0.333. The number of phenolic OH excluding ortho intramolecular Hbond substituents is 1. The van der Waals surface area contributed by atoms with Gasteiger partial charge in [0.25, 0.3) is 5.91 Å². The molecule has 2 atom stereocenters. The summed E-state index contributed by atoms with van der Waals surface area (Å²) in [7, 11) is 1.34. The molecule has 2 aromatic carbocycles. The van der Waals surface area contributed by atoms with E-state index < -0.39 is 6.04 Å². The number of carbonyl (C=O) groups excluding carboxylic acids is 2. The fourth-order valence-electron chi connectivity index (χ4n) is 3.44. The molecular weight excluding hydrogens is 380 g/mol. The third-order valence-corrected chi connectivity index (χ3v) is 5.18. The first-order chi connectivity index (χ1) is 13.4. The Hall–Kier alpha value is -2.57. The topological polar surface area (TPSA) is 78.9 Å². The van der Waals surface area contributed by atoms with Crippen molar-refractivity contribution in [3.8, 4) is 5.75 Å². The molecule has 0 unspecified atom stereocenters. The zero-order valence-corrected chi connectivity index (χ0v) is 16.6. The highest BCUT2D eigenvalue weighted by atomic mass is 35.5. The molecule has 0 aromatic heterocycles. The average Bonchev–Trinajstić information content (AvgIpc) is 3.06. The quantitative estimate of drug-likeness (QED) is 0.752. The van der Waals surface area contributed by atoms with Gasteiger partial charge in [-0.15, -0.1) is 0 Å². The van der Waals surface area contributed by atoms with Gasteiger partial charge in [0.2, 0.25) is 0 Å². The number of aromatic hydroxyl groups is 1. The summed E-state index contributed by atoms with van der Waals surface area (Å²) >= 11 is 6.03. The first-order valence-electron chi connectivity index (χ1n) is 9.04. The maximum atomic E-state index is 12.5. The molecule has 2 N–H and O–H groups in total. The highest BCUT2D eigenvalue weighted by molar-refractivity contribution is 6.30. The van der Waals surface area contributed by atoms with E-state index in [1.165, 1.54) is 13.2 Å². The molecule has 0 spiro atoms. The van der Waals surface area contributed by atoms with Crippen LogP contribution in [0.5, 0.6) is 5.75 Å². The van der Waals surface area contributed by atoms with Gasteiger partial charge in [-0.2, -0.15) is 0 Å². The van der Waals surface area contributed by atoms with Gasteiger partial charge in [0.1, 0.15) is 11.8 Å². The molecular formula is C21H23ClN2O4. The number of nitrogens with zero attached hydrogens (tertiary/aromatic N) is 1. The smallest absolute Gasteiger partial charge is 0.323 e. The number of benzene rings is 2. The van der Waals surface area contributed by atoms with Gasteiger partial charge in [0.05, 0.1) is 7.11 Å². The lowest BCUT2D eigenvalue weighted by atomic mass is 10.1. The third kappa shape index (κ3) is 4.64. The number of ether oxygens (including phenoxy) is 1. The van der Waals surface area contributed by atoms with Crippen LogP contribution in [0, 0.1) is 6.92 Å². The first-order valence-corrected chi connectivity index (χ1v) is 9.42. The van der Waals surface area contributed by atoms with Crippen molar-refractivity contribution >= 4 is 23.5 Å². The fourth-order valence-corrected chi connectivity index (χ4v) is 3.63. The Kier molecular flexibility index (Phi) is 6.21. The van der Waals surface area contributed by atoms with Crippen LogP contribution in [0.15, 0.2) is 42.5 Å². The van der Waals surface area contributed by atoms with E-state index in [0.29, 0.717) is 35.7 Å². The zero-order chi connectivity index (χ0) is 20.3. The number of aryl methyl sites for hydroxylation is 1. The summed E-state index contributed by atoms with van der Waals surface area (Å²) in [5.41, 5.74) is 2.27. The van der Waals surface area contributed by atoms with Crippen molar-refractivity contribution in [2.75, 3.05) is 13.7 Å². The van der Waals surface area contributed by atoms with Gasteiger partial charge in [0, 0.05) is 35.3 Å². The van der Waals surface area contributed by atoms with Gasteiger partial charge in [-0.25, -0.2) is 0 Å². The van der Waals surface area contributed by atoms with Gasteiger partial charge in [-0.1, -0.05) is 29.3 Å². The molecule has 0 saturated carbocycles. The predicted octanol–water partition coefficient (Wildman–Crippen LogP) is 2.90. The predicted molar refractivity (Wildman–Crippen MR) is 106 cm³/mol. The molecule has 1 aliphatic rings. The Labute approximate surface area is 169 Å². The molecule has 1 heterocycles. The Bertz CT molecular complexity index is 869. The summed E-state index contributed by atoms with van der Waals surface area (Å²) in [6, 6.07) is 11.4. The number of phenols is 1. The van der Waals surface area contributed by atoms with Gasteiger partial charge in [-0.05, 0) is 43.7 Å². The summed E-state index contributed by atoms with van der Waals surface area (Å²) in [5.74, 6) is -0.435. The van der Waals surface area contributed by atoms with Crippen LogP contribution in [-0.2, 0) is 16.1 Å². The van der Waals surface area contributed by atoms with Crippen molar-refractivity contribution in [3.63, 3.8) is 0 Å². The van der Waals surface area contributed by atoms with Crippen LogP contribution < -0.4 is 5.32 Å². The van der Waals surface area contributed by atoms with E-state index in [2.05, 4.69) is 5.32 Å². The molecule has 148 valence electrons. The average molecular weight is 403 g/mol. The molecule has 1 fully saturated rings. The van der Waals surface area contributed by atoms with E-state index in [-0.39, 0.29) is 23.7 Å². The first kappa shape index (κ1) is 20.2. The maximum Gasteiger partial charge on any atom is 0.323 e. The Morgan fingerprint density at radius 3 is 2.64 bits per heavy atom. The Balaban J connectivity index is 1.73. The number of carbonyl (C=O) groups is 2. The van der Waals surface area contributed by atoms with E-state index >= 15 is 0 Å². The molecule has 1 amide bonds. The van der Waals surface area contributed by atoms with Crippen molar-refractivity contribution in [1.82, 2.24) is 10.2 Å². The number of rotatable bonds is 5. The minimum Gasteiger partial charge on any atom is -0.508 e. The third-order valence-electron chi connectivity index (χ3n) is 4.94. The normalized spacial score (nSPS) is 19.4. The highest BCUT2D eigenvalue weighted by Crippen LogP contribution is 2.27. The van der Waals surface area contributed by atoms with Crippen LogP contribution in [0.25, 0.3) is 0 Å². The minimum absolute atomic E-state index is 0.111. The van der Waals surface area contributed by atoms with E-state index in [4.69, 9.17) is 16.3 Å². The zero-order valence-electron chi connectivity index (χ0n) is 15.8. The van der Waals surface area contributed by atoms with Crippen LogP contribution in [0.4, 0.5) is 0 Å². The molecule has 28 heavy (non-hydrogen) atoms. The van der Waals surface area contributed by atoms with Crippen LogP contribution in [0.1, 0.15) is 27.9 Å². The SMILES string of the molecule is COC(=O)[C@@H]1C[C@H](NC(=O)c2ccc(C)cc2)CN1Cc1cc(Cl)ccc1O. The van der Waals surface area contributed by atoms with Gasteiger partial charge in [0.15, 0.2) is 0 Å². The molecule has 0 radical (unpaired) electrons. The number of esters is 1. The highest BCUT2D eigenvalue weighted by Gasteiger charge is 2.38. The van der Waals surface area contributed by atoms with Crippen molar-refractivity contribution in [1.29, 1.82) is 0 Å². The van der Waals surface area contributed by atoms with Crippen LogP contribution in [0.3, 0.4) is 0 Å². The van der Waals surface area contributed by atoms with Crippen molar-refractivity contribution in [3.05, 3.63) is 64.2 Å². The molecule has 1 aliphatic heterocycles. The van der Waals surface area contributed by atoms with Crippen LogP contribution >= 0.6 is 11.6 Å². The number of halogens is 1. The second kappa shape index (κ2) is 8.63. The lowest BCUT2D eigenvalue weighted by Crippen LogP contribution is -2.37. The summed E-state index contributed by atoms with van der Waals surface area (Å²) < 4.78 is 4.93. The lowest BCUT2D eigenvalue weighted by molar-refractivity contribution is -0.146. The summed E-state index contributed by atoms with van der Waals surface area (Å²) in [6.07, 6.45) is 0.436. The van der Waals surface area contributed by atoms with Crippen molar-refractivity contribution in [2.45, 2.75) is 32.0 Å². The monoisotopic (exact) mass is 402 g/mol. The molecule has 1 saturated heterocycles. The number of likely N-dealkylation sites (tertiary alicyclic amines) is 1. The molecule has 6 nitrogen and oxygen atoms in total. The number of amides is 1. The summed E-state index contributed by atoms with van der Waals surface area (Å²) in [5, 5.41) is 13.6. The number of hydrogen-bond acceptors (Lipinski definition) is 5. The number of methoxy groups -OCH3 is 1.